The van der Waals surface area contributed by atoms with Gasteiger partial charge in [-0.3, -0.25) is 0 Å². The second-order valence-electron chi connectivity index (χ2n) is 4.46. The first-order valence-electron chi connectivity index (χ1n) is 6.88. The van der Waals surface area contributed by atoms with Gasteiger partial charge in [-0.1, -0.05) is 90.4 Å². The molecule has 0 unspecified atom stereocenters. The molecule has 1 heterocycles. The largest absolute Gasteiger partial charge is 0.426 e. The Kier molecular flexibility index (Phi) is 8.04. The van der Waals surface area contributed by atoms with Crippen LogP contribution in [0.25, 0.3) is 0 Å². The van der Waals surface area contributed by atoms with Crippen LogP contribution < -0.4 is 14.2 Å². The van der Waals surface area contributed by atoms with Gasteiger partial charge in [0.25, 0.3) is 13.6 Å². The van der Waals surface area contributed by atoms with Crippen molar-refractivity contribution >= 4 is 69.6 Å². The van der Waals surface area contributed by atoms with Gasteiger partial charge in [-0.05, 0) is 0 Å². The van der Waals surface area contributed by atoms with Crippen molar-refractivity contribution in [1.29, 1.82) is 0 Å². The number of alkyl halides is 6. The summed E-state index contributed by atoms with van der Waals surface area (Å²) in [6.07, 6.45) is 0.756. The molecule has 0 saturated carbocycles. The van der Waals surface area contributed by atoms with E-state index in [1.807, 2.05) is 0 Å². The van der Waals surface area contributed by atoms with Crippen LogP contribution in [0, 0.1) is 0 Å². The molecule has 0 spiro atoms. The second-order valence-corrected chi connectivity index (χ2v) is 8.71. The SMILES string of the molecule is CCC(Cl)(Cl)Oc1nc(OC(Cl)(Cl)CC)nc(OC(Cl)(Cl)CC)n1. The van der Waals surface area contributed by atoms with E-state index in [0.29, 0.717) is 0 Å². The number of hydrogen-bond acceptors (Lipinski definition) is 6. The van der Waals surface area contributed by atoms with E-state index >= 15 is 0 Å². The maximum absolute atomic E-state index is 5.94. The van der Waals surface area contributed by atoms with Crippen LogP contribution in [0.5, 0.6) is 18.0 Å². The smallest absolute Gasteiger partial charge is 0.328 e. The fourth-order valence-corrected chi connectivity index (χ4v) is 1.49. The fourth-order valence-electron chi connectivity index (χ4n) is 1.07. The summed E-state index contributed by atoms with van der Waals surface area (Å²) in [5, 5.41) is 0. The van der Waals surface area contributed by atoms with Gasteiger partial charge >= 0.3 is 18.0 Å². The highest BCUT2D eigenvalue weighted by Crippen LogP contribution is 2.33. The third kappa shape index (κ3) is 7.58. The Morgan fingerprint density at radius 2 is 0.792 bits per heavy atom. The van der Waals surface area contributed by atoms with Crippen molar-refractivity contribution in [3.63, 3.8) is 0 Å². The van der Waals surface area contributed by atoms with E-state index in [-0.39, 0.29) is 37.3 Å². The standard InChI is InChI=1S/C12H15Cl6N3O3/c1-4-10(13,14)22-7-19-8(23-11(15,16)5-2)21-9(20-7)24-12(17,18)6-3/h4-6H2,1-3H3. The third-order valence-corrected chi connectivity index (χ3v) is 4.60. The molecule has 1 aromatic rings. The lowest BCUT2D eigenvalue weighted by Crippen LogP contribution is -2.26. The van der Waals surface area contributed by atoms with Crippen LogP contribution in [0.4, 0.5) is 0 Å². The quantitative estimate of drug-likeness (QED) is 0.444. The topological polar surface area (TPSA) is 66.4 Å². The van der Waals surface area contributed by atoms with Gasteiger partial charge in [-0.15, -0.1) is 15.0 Å². The van der Waals surface area contributed by atoms with E-state index in [9.17, 15) is 0 Å². The van der Waals surface area contributed by atoms with Gasteiger partial charge in [0.15, 0.2) is 0 Å². The molecule has 0 N–H and O–H groups in total. The maximum Gasteiger partial charge on any atom is 0.328 e. The van der Waals surface area contributed by atoms with Gasteiger partial charge in [-0.25, -0.2) is 0 Å². The molecule has 0 aliphatic heterocycles. The molecular formula is C12H15Cl6N3O3. The number of hydrogen-bond donors (Lipinski definition) is 0. The Morgan fingerprint density at radius 3 is 0.958 bits per heavy atom. The highest BCUT2D eigenvalue weighted by atomic mass is 35.5. The van der Waals surface area contributed by atoms with Crippen molar-refractivity contribution in [1.82, 2.24) is 15.0 Å². The first kappa shape index (κ1) is 22.2. The zero-order valence-corrected chi connectivity index (χ0v) is 17.5. The Bertz CT molecular complexity index is 470. The van der Waals surface area contributed by atoms with Crippen molar-refractivity contribution in [2.24, 2.45) is 0 Å². The minimum Gasteiger partial charge on any atom is -0.426 e. The molecule has 0 saturated heterocycles. The first-order chi connectivity index (χ1) is 10.9. The summed E-state index contributed by atoms with van der Waals surface area (Å²) in [7, 11) is 0. The predicted octanol–water partition coefficient (Wildman–Crippen LogP) is 5.63. The molecule has 1 aromatic heterocycles. The summed E-state index contributed by atoms with van der Waals surface area (Å²) in [5.41, 5.74) is 0. The van der Waals surface area contributed by atoms with E-state index in [0.717, 1.165) is 0 Å². The zero-order valence-electron chi connectivity index (χ0n) is 13.0. The second kappa shape index (κ2) is 8.69. The van der Waals surface area contributed by atoms with Crippen LogP contribution in [0.15, 0.2) is 0 Å². The number of ether oxygens (including phenoxy) is 3. The minimum atomic E-state index is -1.57. The Hall–Kier alpha value is 0.150. The van der Waals surface area contributed by atoms with Crippen molar-refractivity contribution in [3.8, 4) is 18.0 Å². The van der Waals surface area contributed by atoms with Crippen LogP contribution >= 0.6 is 69.6 Å². The normalized spacial score (nSPS) is 12.9. The molecule has 0 fully saturated rings. The molecule has 138 valence electrons. The average Bonchev–Trinajstić information content (AvgIpc) is 2.45. The molecule has 0 aliphatic carbocycles. The lowest BCUT2D eigenvalue weighted by Gasteiger charge is -2.22. The molecule has 12 heteroatoms. The number of aromatic nitrogens is 3. The first-order valence-corrected chi connectivity index (χ1v) is 9.15. The zero-order chi connectivity index (χ0) is 18.6. The molecular weight excluding hydrogens is 447 g/mol. The highest BCUT2D eigenvalue weighted by Gasteiger charge is 2.31. The van der Waals surface area contributed by atoms with Gasteiger partial charge in [0.1, 0.15) is 0 Å². The van der Waals surface area contributed by atoms with E-state index in [1.165, 1.54) is 0 Å². The monoisotopic (exact) mass is 459 g/mol. The number of halogens is 6. The summed E-state index contributed by atoms with van der Waals surface area (Å²) >= 11 is 35.6. The summed E-state index contributed by atoms with van der Waals surface area (Å²) < 4.78 is 11.1. The van der Waals surface area contributed by atoms with Gasteiger partial charge < -0.3 is 14.2 Å². The van der Waals surface area contributed by atoms with Crippen LogP contribution in [0.3, 0.4) is 0 Å². The van der Waals surface area contributed by atoms with Crippen LogP contribution in [0.1, 0.15) is 40.0 Å². The van der Waals surface area contributed by atoms with E-state index in [2.05, 4.69) is 15.0 Å². The molecule has 0 amide bonds. The molecule has 6 nitrogen and oxygen atoms in total. The minimum absolute atomic E-state index is 0.252. The Morgan fingerprint density at radius 1 is 0.583 bits per heavy atom. The Labute approximate surface area is 170 Å². The summed E-state index contributed by atoms with van der Waals surface area (Å²) in [6, 6.07) is -0.827. The molecule has 0 aliphatic rings. The lowest BCUT2D eigenvalue weighted by molar-refractivity contribution is 0.170. The van der Waals surface area contributed by atoms with Crippen LogP contribution in [0.2, 0.25) is 0 Å². The van der Waals surface area contributed by atoms with E-state index in [4.69, 9.17) is 83.8 Å². The highest BCUT2D eigenvalue weighted by molar-refractivity contribution is 6.48. The Balaban J connectivity index is 3.18. The van der Waals surface area contributed by atoms with E-state index in [1.54, 1.807) is 20.8 Å². The number of nitrogens with zero attached hydrogens (tertiary/aromatic N) is 3. The van der Waals surface area contributed by atoms with Crippen molar-refractivity contribution < 1.29 is 14.2 Å². The fraction of sp³-hybridized carbons (Fsp3) is 0.750. The van der Waals surface area contributed by atoms with Gasteiger partial charge in [0.05, 0.1) is 0 Å². The summed E-state index contributed by atoms with van der Waals surface area (Å²) in [5.74, 6) is 0. The maximum atomic E-state index is 5.94. The summed E-state index contributed by atoms with van der Waals surface area (Å²) in [6.45, 7) is 5.11. The lowest BCUT2D eigenvalue weighted by atomic mass is 10.5. The van der Waals surface area contributed by atoms with Crippen LogP contribution in [-0.4, -0.2) is 28.5 Å². The number of rotatable bonds is 9. The molecule has 1 rings (SSSR count). The molecule has 0 atom stereocenters. The average molecular weight is 462 g/mol. The predicted molar refractivity (Wildman–Crippen MR) is 95.9 cm³/mol. The van der Waals surface area contributed by atoms with E-state index < -0.39 is 13.6 Å². The van der Waals surface area contributed by atoms with Gasteiger partial charge in [-0.2, -0.15) is 0 Å². The van der Waals surface area contributed by atoms with Crippen molar-refractivity contribution in [3.05, 3.63) is 0 Å². The molecule has 0 aromatic carbocycles. The van der Waals surface area contributed by atoms with Crippen LogP contribution in [-0.2, 0) is 0 Å². The van der Waals surface area contributed by atoms with Gasteiger partial charge in [0, 0.05) is 19.3 Å². The molecule has 24 heavy (non-hydrogen) atoms. The van der Waals surface area contributed by atoms with Gasteiger partial charge in [0.2, 0.25) is 0 Å². The summed E-state index contributed by atoms with van der Waals surface area (Å²) in [4.78, 5) is 11.7. The van der Waals surface area contributed by atoms with Crippen molar-refractivity contribution in [2.75, 3.05) is 0 Å². The van der Waals surface area contributed by atoms with Crippen molar-refractivity contribution in [2.45, 2.75) is 53.6 Å². The molecule has 0 bridgehead atoms. The third-order valence-electron chi connectivity index (χ3n) is 2.53. The molecule has 0 radical (unpaired) electrons.